The van der Waals surface area contributed by atoms with Crippen LogP contribution in [0.1, 0.15) is 12.7 Å². The highest BCUT2D eigenvalue weighted by molar-refractivity contribution is 9.10. The third-order valence-electron chi connectivity index (χ3n) is 2.03. The van der Waals surface area contributed by atoms with Gasteiger partial charge in [-0.15, -0.1) is 0 Å². The van der Waals surface area contributed by atoms with Gasteiger partial charge in [0.15, 0.2) is 0 Å². The number of aromatic nitrogens is 2. The molecule has 0 amide bonds. The van der Waals surface area contributed by atoms with Crippen molar-refractivity contribution in [3.63, 3.8) is 0 Å². The second kappa shape index (κ2) is 4.24. The van der Waals surface area contributed by atoms with Gasteiger partial charge >= 0.3 is 0 Å². The van der Waals surface area contributed by atoms with Crippen molar-refractivity contribution in [1.29, 1.82) is 0 Å². The van der Waals surface area contributed by atoms with Crippen LogP contribution in [0.5, 0.6) is 0 Å². The van der Waals surface area contributed by atoms with Crippen LogP contribution in [0.4, 0.5) is 0 Å². The molecule has 1 heterocycles. The third kappa shape index (κ3) is 2.10. The molecule has 0 aliphatic rings. The van der Waals surface area contributed by atoms with Crippen LogP contribution in [0.2, 0.25) is 10.2 Å². The summed E-state index contributed by atoms with van der Waals surface area (Å²) < 4.78 is 0.837. The molecule has 78 valence electrons. The van der Waals surface area contributed by atoms with Gasteiger partial charge in [0.25, 0.3) is 0 Å². The van der Waals surface area contributed by atoms with Gasteiger partial charge in [-0.1, -0.05) is 30.1 Å². The monoisotopic (exact) mass is 304 g/mol. The molecular formula is C10H7BrCl2N2. The standard InChI is InChI=1S/C10H7BrCl2N2/c1-2-8-14-9-6(10(13)15-8)3-5(12)4-7(9)11/h3-4H,2H2,1H3. The average Bonchev–Trinajstić information content (AvgIpc) is 2.19. The topological polar surface area (TPSA) is 25.8 Å². The number of nitrogens with zero attached hydrogens (tertiary/aromatic N) is 2. The van der Waals surface area contributed by atoms with E-state index < -0.39 is 0 Å². The van der Waals surface area contributed by atoms with E-state index in [0.29, 0.717) is 10.2 Å². The van der Waals surface area contributed by atoms with E-state index in [1.54, 1.807) is 12.1 Å². The Morgan fingerprint density at radius 1 is 1.27 bits per heavy atom. The molecule has 0 spiro atoms. The Balaban J connectivity index is 2.85. The summed E-state index contributed by atoms with van der Waals surface area (Å²) in [7, 11) is 0. The fourth-order valence-electron chi connectivity index (χ4n) is 1.32. The molecule has 0 atom stereocenters. The van der Waals surface area contributed by atoms with E-state index in [2.05, 4.69) is 25.9 Å². The molecule has 0 N–H and O–H groups in total. The number of hydrogen-bond acceptors (Lipinski definition) is 2. The van der Waals surface area contributed by atoms with E-state index >= 15 is 0 Å². The Bertz CT molecular complexity index is 528. The number of benzene rings is 1. The van der Waals surface area contributed by atoms with Gasteiger partial charge in [0.05, 0.1) is 5.52 Å². The number of hydrogen-bond donors (Lipinski definition) is 0. The summed E-state index contributed by atoms with van der Waals surface area (Å²) in [5, 5.41) is 1.83. The van der Waals surface area contributed by atoms with Crippen molar-refractivity contribution in [3.05, 3.63) is 32.6 Å². The molecule has 0 radical (unpaired) electrons. The second-order valence-electron chi connectivity index (χ2n) is 3.07. The molecule has 15 heavy (non-hydrogen) atoms. The highest BCUT2D eigenvalue weighted by atomic mass is 79.9. The van der Waals surface area contributed by atoms with Crippen molar-refractivity contribution in [2.45, 2.75) is 13.3 Å². The quantitative estimate of drug-likeness (QED) is 0.736. The molecule has 5 heteroatoms. The number of fused-ring (bicyclic) bond motifs is 1. The van der Waals surface area contributed by atoms with Crippen LogP contribution in [0, 0.1) is 0 Å². The first-order valence-electron chi connectivity index (χ1n) is 4.43. The van der Waals surface area contributed by atoms with Crippen molar-refractivity contribution >= 4 is 50.0 Å². The lowest BCUT2D eigenvalue weighted by Crippen LogP contribution is -1.95. The van der Waals surface area contributed by atoms with Gasteiger partial charge in [-0.2, -0.15) is 0 Å². The van der Waals surface area contributed by atoms with E-state index in [0.717, 1.165) is 27.6 Å². The summed E-state index contributed by atoms with van der Waals surface area (Å²) in [5.74, 6) is 0.732. The Morgan fingerprint density at radius 2 is 2.00 bits per heavy atom. The number of halogens is 3. The molecule has 0 saturated carbocycles. The van der Waals surface area contributed by atoms with Crippen LogP contribution in [0.25, 0.3) is 10.9 Å². The molecule has 0 unspecified atom stereocenters. The van der Waals surface area contributed by atoms with Crippen LogP contribution < -0.4 is 0 Å². The molecule has 2 aromatic rings. The Morgan fingerprint density at radius 3 is 2.67 bits per heavy atom. The Labute approximate surface area is 106 Å². The maximum atomic E-state index is 6.05. The Kier molecular flexibility index (Phi) is 3.14. The van der Waals surface area contributed by atoms with Gasteiger partial charge in [0.1, 0.15) is 11.0 Å². The van der Waals surface area contributed by atoms with Gasteiger partial charge in [0.2, 0.25) is 0 Å². The van der Waals surface area contributed by atoms with Gasteiger partial charge in [-0.05, 0) is 28.1 Å². The fourth-order valence-corrected chi connectivity index (χ4v) is 2.46. The van der Waals surface area contributed by atoms with Crippen LogP contribution in [-0.2, 0) is 6.42 Å². The zero-order valence-corrected chi connectivity index (χ0v) is 11.0. The minimum atomic E-state index is 0.444. The highest BCUT2D eigenvalue weighted by Gasteiger charge is 2.09. The lowest BCUT2D eigenvalue weighted by Gasteiger charge is -2.05. The van der Waals surface area contributed by atoms with E-state index in [-0.39, 0.29) is 0 Å². The van der Waals surface area contributed by atoms with Crippen molar-refractivity contribution < 1.29 is 0 Å². The molecule has 0 saturated heterocycles. The molecule has 0 aliphatic carbocycles. The normalized spacial score (nSPS) is 10.9. The second-order valence-corrected chi connectivity index (χ2v) is 4.72. The van der Waals surface area contributed by atoms with Crippen molar-refractivity contribution in [3.8, 4) is 0 Å². The molecule has 2 rings (SSSR count). The zero-order valence-electron chi connectivity index (χ0n) is 7.89. The summed E-state index contributed by atoms with van der Waals surface area (Å²) in [6.07, 6.45) is 0.755. The first-order valence-corrected chi connectivity index (χ1v) is 5.98. The first kappa shape index (κ1) is 11.1. The predicted molar refractivity (Wildman–Crippen MR) is 66.6 cm³/mol. The Hall–Kier alpha value is -0.380. The van der Waals surface area contributed by atoms with Gasteiger partial charge in [-0.3, -0.25) is 0 Å². The summed E-state index contributed by atoms with van der Waals surface area (Å²) in [6.45, 7) is 1.99. The maximum absolute atomic E-state index is 6.05. The largest absolute Gasteiger partial charge is 0.232 e. The van der Waals surface area contributed by atoms with Crippen molar-refractivity contribution in [2.24, 2.45) is 0 Å². The minimum absolute atomic E-state index is 0.444. The molecular weight excluding hydrogens is 299 g/mol. The molecule has 0 bridgehead atoms. The third-order valence-corrected chi connectivity index (χ3v) is 3.15. The number of aryl methyl sites for hydroxylation is 1. The van der Waals surface area contributed by atoms with Gasteiger partial charge in [0, 0.05) is 21.3 Å². The SMILES string of the molecule is CCc1nc(Cl)c2cc(Cl)cc(Br)c2n1. The maximum Gasteiger partial charge on any atom is 0.140 e. The van der Waals surface area contributed by atoms with Crippen LogP contribution in [0.15, 0.2) is 16.6 Å². The lowest BCUT2D eigenvalue weighted by molar-refractivity contribution is 0.960. The highest BCUT2D eigenvalue weighted by Crippen LogP contribution is 2.30. The number of rotatable bonds is 1. The summed E-state index contributed by atoms with van der Waals surface area (Å²) in [4.78, 5) is 8.57. The van der Waals surface area contributed by atoms with Crippen molar-refractivity contribution in [1.82, 2.24) is 9.97 Å². The van der Waals surface area contributed by atoms with E-state index in [4.69, 9.17) is 23.2 Å². The van der Waals surface area contributed by atoms with Crippen molar-refractivity contribution in [2.75, 3.05) is 0 Å². The summed E-state index contributed by atoms with van der Waals surface area (Å²) in [5.41, 5.74) is 0.802. The minimum Gasteiger partial charge on any atom is -0.232 e. The molecule has 1 aromatic carbocycles. The smallest absolute Gasteiger partial charge is 0.140 e. The van der Waals surface area contributed by atoms with Crippen LogP contribution >= 0.6 is 39.1 Å². The van der Waals surface area contributed by atoms with Gasteiger partial charge < -0.3 is 0 Å². The predicted octanol–water partition coefficient (Wildman–Crippen LogP) is 4.26. The fraction of sp³-hybridized carbons (Fsp3) is 0.200. The molecule has 0 fully saturated rings. The van der Waals surface area contributed by atoms with Crippen LogP contribution in [-0.4, -0.2) is 9.97 Å². The summed E-state index contributed by atoms with van der Waals surface area (Å²) >= 11 is 15.4. The summed E-state index contributed by atoms with van der Waals surface area (Å²) in [6, 6.07) is 3.57. The average molecular weight is 306 g/mol. The molecule has 0 aliphatic heterocycles. The molecule has 2 nitrogen and oxygen atoms in total. The first-order chi connectivity index (χ1) is 7.11. The van der Waals surface area contributed by atoms with Gasteiger partial charge in [-0.25, -0.2) is 9.97 Å². The van der Waals surface area contributed by atoms with Crippen LogP contribution in [0.3, 0.4) is 0 Å². The molecule has 1 aromatic heterocycles. The van der Waals surface area contributed by atoms with E-state index in [1.807, 2.05) is 6.92 Å². The van der Waals surface area contributed by atoms with E-state index in [1.165, 1.54) is 0 Å². The zero-order chi connectivity index (χ0) is 11.0. The van der Waals surface area contributed by atoms with E-state index in [9.17, 15) is 0 Å². The lowest BCUT2D eigenvalue weighted by atomic mass is 10.2.